The molecule has 0 aliphatic heterocycles. The molecule has 1 aromatic heterocycles. The Morgan fingerprint density at radius 1 is 1.45 bits per heavy atom. The summed E-state index contributed by atoms with van der Waals surface area (Å²) >= 11 is 5.29. The zero-order valence-electron chi connectivity index (χ0n) is 11.3. The fourth-order valence-electron chi connectivity index (χ4n) is 2.50. The Labute approximate surface area is 131 Å². The second-order valence-corrected chi connectivity index (χ2v) is 7.08. The van der Waals surface area contributed by atoms with E-state index in [0.29, 0.717) is 0 Å². The molecule has 1 heterocycles. The molecule has 2 aromatic rings. The van der Waals surface area contributed by atoms with Gasteiger partial charge in [0.05, 0.1) is 11.8 Å². The van der Waals surface area contributed by atoms with Crippen molar-refractivity contribution in [3.63, 3.8) is 0 Å². The smallest absolute Gasteiger partial charge is 0.185 e. The maximum atomic E-state index is 10.0. The molecule has 0 saturated carbocycles. The summed E-state index contributed by atoms with van der Waals surface area (Å²) in [6.45, 7) is 0.809. The minimum Gasteiger partial charge on any atom is -0.387 e. The summed E-state index contributed by atoms with van der Waals surface area (Å²) in [7, 11) is 2.05. The number of anilines is 1. The molecule has 0 spiro atoms. The topological polar surface area (TPSA) is 36.4 Å². The lowest BCUT2D eigenvalue weighted by Crippen LogP contribution is -2.16. The highest BCUT2D eigenvalue weighted by Crippen LogP contribution is 2.36. The highest BCUT2D eigenvalue weighted by Gasteiger charge is 2.24. The fraction of sp³-hybridized carbons (Fsp3) is 0.400. The molecule has 0 fully saturated rings. The number of nitrogens with zero attached hydrogens (tertiary/aromatic N) is 2. The first kappa shape index (κ1) is 14.0. The molecular formula is C15H17BrN2OS. The standard InChI is InChI=1S/C15H17BrN2OS/c1-18(9-10-5-2-3-6-11(10)16)15-17-14-12(19)7-4-8-13(14)20-15/h2-3,5-6,12,19H,4,7-9H2,1H3. The third kappa shape index (κ3) is 2.75. The Hall–Kier alpha value is -0.910. The number of aliphatic hydroxyl groups is 1. The van der Waals surface area contributed by atoms with Gasteiger partial charge < -0.3 is 10.0 Å². The molecule has 1 unspecified atom stereocenters. The van der Waals surface area contributed by atoms with Crippen LogP contribution in [-0.2, 0) is 13.0 Å². The number of aryl methyl sites for hydroxylation is 1. The molecule has 1 aliphatic rings. The molecule has 106 valence electrons. The minimum atomic E-state index is -0.374. The van der Waals surface area contributed by atoms with Gasteiger partial charge in [-0.15, -0.1) is 11.3 Å². The van der Waals surface area contributed by atoms with E-state index in [1.807, 2.05) is 12.1 Å². The summed E-state index contributed by atoms with van der Waals surface area (Å²) in [6, 6.07) is 8.24. The predicted octanol–water partition coefficient (Wildman–Crippen LogP) is 3.91. The van der Waals surface area contributed by atoms with Crippen molar-refractivity contribution in [2.24, 2.45) is 0 Å². The maximum absolute atomic E-state index is 10.0. The molecule has 1 atom stereocenters. The summed E-state index contributed by atoms with van der Waals surface area (Å²) in [5.74, 6) is 0. The third-order valence-electron chi connectivity index (χ3n) is 3.61. The highest BCUT2D eigenvalue weighted by atomic mass is 79.9. The van der Waals surface area contributed by atoms with Gasteiger partial charge in [0.15, 0.2) is 5.13 Å². The molecule has 0 radical (unpaired) electrons. The number of hydrogen-bond acceptors (Lipinski definition) is 4. The molecule has 0 bridgehead atoms. The quantitative estimate of drug-likeness (QED) is 0.909. The predicted molar refractivity (Wildman–Crippen MR) is 86.3 cm³/mol. The average Bonchev–Trinajstić information content (AvgIpc) is 2.87. The number of hydrogen-bond donors (Lipinski definition) is 1. The number of thiazole rings is 1. The van der Waals surface area contributed by atoms with Gasteiger partial charge in [-0.05, 0) is 30.9 Å². The first-order valence-corrected chi connectivity index (χ1v) is 8.38. The lowest BCUT2D eigenvalue weighted by molar-refractivity contribution is 0.153. The van der Waals surface area contributed by atoms with Crippen LogP contribution in [0, 0.1) is 0 Å². The van der Waals surface area contributed by atoms with E-state index in [4.69, 9.17) is 0 Å². The maximum Gasteiger partial charge on any atom is 0.185 e. The number of halogens is 1. The van der Waals surface area contributed by atoms with Gasteiger partial charge >= 0.3 is 0 Å². The summed E-state index contributed by atoms with van der Waals surface area (Å²) < 4.78 is 1.12. The normalized spacial score (nSPS) is 17.9. The molecule has 0 amide bonds. The van der Waals surface area contributed by atoms with Crippen LogP contribution in [0.15, 0.2) is 28.7 Å². The van der Waals surface area contributed by atoms with Crippen molar-refractivity contribution in [3.05, 3.63) is 44.9 Å². The molecule has 0 saturated heterocycles. The van der Waals surface area contributed by atoms with Crippen molar-refractivity contribution >= 4 is 32.4 Å². The van der Waals surface area contributed by atoms with Crippen LogP contribution in [0.2, 0.25) is 0 Å². The summed E-state index contributed by atoms with van der Waals surface area (Å²) in [5.41, 5.74) is 2.14. The second kappa shape index (κ2) is 5.84. The lowest BCUT2D eigenvalue weighted by atomic mass is 10.0. The summed E-state index contributed by atoms with van der Waals surface area (Å²) in [6.07, 6.45) is 2.57. The Bertz CT molecular complexity index is 614. The van der Waals surface area contributed by atoms with Crippen molar-refractivity contribution in [1.29, 1.82) is 0 Å². The monoisotopic (exact) mass is 352 g/mol. The van der Waals surface area contributed by atoms with Crippen molar-refractivity contribution < 1.29 is 5.11 Å². The van der Waals surface area contributed by atoms with Crippen LogP contribution in [0.4, 0.5) is 5.13 Å². The molecule has 1 aliphatic carbocycles. The Morgan fingerprint density at radius 2 is 2.25 bits per heavy atom. The number of rotatable bonds is 3. The van der Waals surface area contributed by atoms with Gasteiger partial charge in [0.1, 0.15) is 0 Å². The number of benzene rings is 1. The molecule has 3 rings (SSSR count). The molecule has 1 aromatic carbocycles. The zero-order chi connectivity index (χ0) is 14.1. The van der Waals surface area contributed by atoms with Gasteiger partial charge in [0, 0.05) is 22.9 Å². The lowest BCUT2D eigenvalue weighted by Gasteiger charge is -2.16. The summed E-state index contributed by atoms with van der Waals surface area (Å²) in [4.78, 5) is 8.03. The highest BCUT2D eigenvalue weighted by molar-refractivity contribution is 9.10. The Kier molecular flexibility index (Phi) is 4.10. The van der Waals surface area contributed by atoms with Crippen LogP contribution in [0.25, 0.3) is 0 Å². The first-order chi connectivity index (χ1) is 9.65. The van der Waals surface area contributed by atoms with E-state index in [1.54, 1.807) is 11.3 Å². The van der Waals surface area contributed by atoms with Crippen LogP contribution in [0.1, 0.15) is 35.1 Å². The van der Waals surface area contributed by atoms with Gasteiger partial charge in [-0.3, -0.25) is 0 Å². The van der Waals surface area contributed by atoms with E-state index < -0.39 is 0 Å². The molecular weight excluding hydrogens is 336 g/mol. The van der Waals surface area contributed by atoms with Crippen LogP contribution >= 0.6 is 27.3 Å². The van der Waals surface area contributed by atoms with Crippen LogP contribution in [0.3, 0.4) is 0 Å². The van der Waals surface area contributed by atoms with Crippen molar-refractivity contribution in [1.82, 2.24) is 4.98 Å². The fourth-order valence-corrected chi connectivity index (χ4v) is 4.02. The first-order valence-electron chi connectivity index (χ1n) is 6.77. The van der Waals surface area contributed by atoms with E-state index in [2.05, 4.69) is 45.0 Å². The summed E-state index contributed by atoms with van der Waals surface area (Å²) in [5, 5.41) is 11.0. The van der Waals surface area contributed by atoms with Crippen LogP contribution in [-0.4, -0.2) is 17.1 Å². The zero-order valence-corrected chi connectivity index (χ0v) is 13.7. The average molecular weight is 353 g/mol. The van der Waals surface area contributed by atoms with E-state index in [0.717, 1.165) is 41.1 Å². The van der Waals surface area contributed by atoms with E-state index in [1.165, 1.54) is 10.4 Å². The van der Waals surface area contributed by atoms with Gasteiger partial charge in [-0.2, -0.15) is 0 Å². The minimum absolute atomic E-state index is 0.374. The van der Waals surface area contributed by atoms with Crippen LogP contribution < -0.4 is 4.90 Å². The van der Waals surface area contributed by atoms with Gasteiger partial charge in [0.2, 0.25) is 0 Å². The second-order valence-electron chi connectivity index (χ2n) is 5.16. The Morgan fingerprint density at radius 3 is 3.00 bits per heavy atom. The Balaban J connectivity index is 1.81. The molecule has 1 N–H and O–H groups in total. The molecule has 20 heavy (non-hydrogen) atoms. The molecule has 3 nitrogen and oxygen atoms in total. The number of fused-ring (bicyclic) bond motifs is 1. The number of aromatic nitrogens is 1. The number of aliphatic hydroxyl groups excluding tert-OH is 1. The van der Waals surface area contributed by atoms with E-state index in [9.17, 15) is 5.11 Å². The van der Waals surface area contributed by atoms with Gasteiger partial charge in [-0.1, -0.05) is 34.1 Å². The third-order valence-corrected chi connectivity index (χ3v) is 5.62. The van der Waals surface area contributed by atoms with Crippen molar-refractivity contribution in [2.45, 2.75) is 31.9 Å². The molecule has 5 heteroatoms. The van der Waals surface area contributed by atoms with Crippen molar-refractivity contribution in [2.75, 3.05) is 11.9 Å². The van der Waals surface area contributed by atoms with Gasteiger partial charge in [-0.25, -0.2) is 4.98 Å². The van der Waals surface area contributed by atoms with E-state index in [-0.39, 0.29) is 6.10 Å². The largest absolute Gasteiger partial charge is 0.387 e. The SMILES string of the molecule is CN(Cc1ccccc1Br)c1nc2c(s1)CCCC2O. The van der Waals surface area contributed by atoms with E-state index >= 15 is 0 Å². The van der Waals surface area contributed by atoms with Crippen molar-refractivity contribution in [3.8, 4) is 0 Å². The van der Waals surface area contributed by atoms with Gasteiger partial charge in [0.25, 0.3) is 0 Å². The van der Waals surface area contributed by atoms with Crippen LogP contribution in [0.5, 0.6) is 0 Å².